The number of hydrogen-bond donors (Lipinski definition) is 2. The molecule has 2 N–H and O–H groups in total. The summed E-state index contributed by atoms with van der Waals surface area (Å²) in [5, 5.41) is 2.14. The second-order valence-corrected chi connectivity index (χ2v) is 10.6. The number of amides is 2. The molecule has 0 aromatic heterocycles. The lowest BCUT2D eigenvalue weighted by Gasteiger charge is -2.37. The van der Waals surface area contributed by atoms with Crippen molar-refractivity contribution in [2.24, 2.45) is 5.92 Å². The second kappa shape index (κ2) is 9.37. The predicted molar refractivity (Wildman–Crippen MR) is 125 cm³/mol. The number of carbonyl (C=O) groups is 2. The Balaban J connectivity index is 1.70. The highest BCUT2D eigenvalue weighted by Crippen LogP contribution is 2.39. The Labute approximate surface area is 201 Å². The molecule has 186 valence electrons. The summed E-state index contributed by atoms with van der Waals surface area (Å²) in [5.74, 6) is -1.34. The third-order valence-electron chi connectivity index (χ3n) is 6.08. The van der Waals surface area contributed by atoms with Crippen molar-refractivity contribution in [1.29, 1.82) is 0 Å². The van der Waals surface area contributed by atoms with Gasteiger partial charge in [-0.3, -0.25) is 9.59 Å². The van der Waals surface area contributed by atoms with Gasteiger partial charge >= 0.3 is 6.18 Å². The van der Waals surface area contributed by atoms with Gasteiger partial charge in [-0.1, -0.05) is 12.6 Å². The second-order valence-electron chi connectivity index (χ2n) is 8.65. The number of sulfonamides is 1. The molecule has 1 atom stereocenters. The molecule has 1 saturated carbocycles. The molecule has 2 aromatic rings. The smallest absolute Gasteiger partial charge is 0.352 e. The summed E-state index contributed by atoms with van der Waals surface area (Å²) < 4.78 is 66.0. The minimum absolute atomic E-state index is 0.170. The van der Waals surface area contributed by atoms with E-state index in [0.29, 0.717) is 42.7 Å². The zero-order valence-electron chi connectivity index (χ0n) is 18.6. The molecule has 0 radical (unpaired) electrons. The molecular formula is C24H24F3N3O4S. The van der Waals surface area contributed by atoms with Crippen molar-refractivity contribution in [2.75, 3.05) is 18.0 Å². The molecule has 0 spiro atoms. The highest BCUT2D eigenvalue weighted by molar-refractivity contribution is 7.91. The number of alkyl halides is 3. The fraction of sp³-hybridized carbons (Fsp3) is 0.333. The van der Waals surface area contributed by atoms with E-state index >= 15 is 0 Å². The van der Waals surface area contributed by atoms with Gasteiger partial charge in [0.1, 0.15) is 0 Å². The highest BCUT2D eigenvalue weighted by Gasteiger charge is 2.38. The van der Waals surface area contributed by atoms with Crippen molar-refractivity contribution in [2.45, 2.75) is 30.7 Å². The highest BCUT2D eigenvalue weighted by atomic mass is 32.2. The SMILES string of the molecule is C=CC(=O)NC[C@H]1Cc2c(C(=O)NS(=O)(=O)C3CC3)cccc2N(c2ccc(C(F)(F)F)cc2)C1. The van der Waals surface area contributed by atoms with E-state index in [4.69, 9.17) is 0 Å². The van der Waals surface area contributed by atoms with E-state index in [9.17, 15) is 31.2 Å². The quantitative estimate of drug-likeness (QED) is 0.559. The molecule has 2 aromatic carbocycles. The first kappa shape index (κ1) is 24.8. The van der Waals surface area contributed by atoms with Gasteiger partial charge in [-0.2, -0.15) is 13.2 Å². The average molecular weight is 508 g/mol. The molecule has 35 heavy (non-hydrogen) atoms. The van der Waals surface area contributed by atoms with Crippen LogP contribution in [0.15, 0.2) is 55.1 Å². The average Bonchev–Trinajstić information content (AvgIpc) is 3.67. The summed E-state index contributed by atoms with van der Waals surface area (Å²) in [5.41, 5.74) is 1.00. The van der Waals surface area contributed by atoms with Crippen LogP contribution in [-0.2, 0) is 27.4 Å². The Bertz CT molecular complexity index is 1260. The number of fused-ring (bicyclic) bond motifs is 1. The fourth-order valence-electron chi connectivity index (χ4n) is 4.14. The maximum Gasteiger partial charge on any atom is 0.416 e. The zero-order chi connectivity index (χ0) is 25.4. The van der Waals surface area contributed by atoms with E-state index in [1.807, 2.05) is 0 Å². The van der Waals surface area contributed by atoms with E-state index in [2.05, 4.69) is 16.6 Å². The van der Waals surface area contributed by atoms with Crippen molar-refractivity contribution >= 4 is 33.2 Å². The maximum atomic E-state index is 13.1. The molecule has 1 heterocycles. The molecule has 2 aliphatic rings. The normalized spacial score (nSPS) is 17.9. The summed E-state index contributed by atoms with van der Waals surface area (Å²) in [6.07, 6.45) is -1.98. The van der Waals surface area contributed by atoms with Crippen LogP contribution >= 0.6 is 0 Å². The first-order valence-electron chi connectivity index (χ1n) is 11.0. The summed E-state index contributed by atoms with van der Waals surface area (Å²) in [7, 11) is -3.77. The van der Waals surface area contributed by atoms with Crippen molar-refractivity contribution in [3.63, 3.8) is 0 Å². The Morgan fingerprint density at radius 3 is 2.40 bits per heavy atom. The van der Waals surface area contributed by atoms with Crippen molar-refractivity contribution in [1.82, 2.24) is 10.0 Å². The number of nitrogens with one attached hydrogen (secondary N) is 2. The van der Waals surface area contributed by atoms with Crippen LogP contribution in [-0.4, -0.2) is 38.6 Å². The van der Waals surface area contributed by atoms with Crippen LogP contribution in [0.1, 0.15) is 34.3 Å². The van der Waals surface area contributed by atoms with E-state index in [1.165, 1.54) is 18.2 Å². The summed E-state index contributed by atoms with van der Waals surface area (Å²) in [6, 6.07) is 9.52. The summed E-state index contributed by atoms with van der Waals surface area (Å²) in [4.78, 5) is 26.4. The van der Waals surface area contributed by atoms with Gasteiger partial charge < -0.3 is 10.2 Å². The molecule has 11 heteroatoms. The number of hydrogen-bond acceptors (Lipinski definition) is 5. The molecule has 1 fully saturated rings. The van der Waals surface area contributed by atoms with Crippen LogP contribution < -0.4 is 14.9 Å². The molecule has 0 bridgehead atoms. The molecule has 0 saturated heterocycles. The van der Waals surface area contributed by atoms with Gasteiger partial charge in [-0.15, -0.1) is 0 Å². The monoisotopic (exact) mass is 507 g/mol. The summed E-state index contributed by atoms with van der Waals surface area (Å²) in [6.45, 7) is 4.01. The van der Waals surface area contributed by atoms with E-state index < -0.39 is 32.9 Å². The maximum absolute atomic E-state index is 13.1. The van der Waals surface area contributed by atoms with Crippen molar-refractivity contribution in [3.8, 4) is 0 Å². The lowest BCUT2D eigenvalue weighted by molar-refractivity contribution is -0.137. The molecule has 1 aliphatic heterocycles. The molecular weight excluding hydrogens is 483 g/mol. The first-order chi connectivity index (χ1) is 16.5. The minimum atomic E-state index is -4.48. The third-order valence-corrected chi connectivity index (χ3v) is 7.89. The number of benzene rings is 2. The summed E-state index contributed by atoms with van der Waals surface area (Å²) >= 11 is 0. The van der Waals surface area contributed by atoms with Crippen LogP contribution in [0, 0.1) is 5.92 Å². The molecule has 0 unspecified atom stereocenters. The number of anilines is 2. The van der Waals surface area contributed by atoms with Crippen LogP contribution in [0.5, 0.6) is 0 Å². The predicted octanol–water partition coefficient (Wildman–Crippen LogP) is 3.54. The van der Waals surface area contributed by atoms with Crippen molar-refractivity contribution in [3.05, 3.63) is 71.8 Å². The van der Waals surface area contributed by atoms with Gasteiger partial charge in [0.05, 0.1) is 10.8 Å². The minimum Gasteiger partial charge on any atom is -0.352 e. The lowest BCUT2D eigenvalue weighted by Crippen LogP contribution is -2.40. The number of nitrogens with zero attached hydrogens (tertiary/aromatic N) is 1. The molecule has 4 rings (SSSR count). The third kappa shape index (κ3) is 5.50. The van der Waals surface area contributed by atoms with Gasteiger partial charge in [0.2, 0.25) is 15.9 Å². The first-order valence-corrected chi connectivity index (χ1v) is 12.6. The topological polar surface area (TPSA) is 95.6 Å². The van der Waals surface area contributed by atoms with Gasteiger partial charge in [-0.05, 0) is 73.2 Å². The number of rotatable bonds is 7. The van der Waals surface area contributed by atoms with Gasteiger partial charge in [-0.25, -0.2) is 13.1 Å². The van der Waals surface area contributed by atoms with Crippen LogP contribution in [0.25, 0.3) is 0 Å². The van der Waals surface area contributed by atoms with Crippen LogP contribution in [0.3, 0.4) is 0 Å². The molecule has 7 nitrogen and oxygen atoms in total. The van der Waals surface area contributed by atoms with Crippen molar-refractivity contribution < 1.29 is 31.2 Å². The van der Waals surface area contributed by atoms with Gasteiger partial charge in [0.15, 0.2) is 0 Å². The Morgan fingerprint density at radius 2 is 1.80 bits per heavy atom. The Morgan fingerprint density at radius 1 is 1.11 bits per heavy atom. The largest absolute Gasteiger partial charge is 0.416 e. The lowest BCUT2D eigenvalue weighted by atomic mass is 9.88. The van der Waals surface area contributed by atoms with E-state index in [1.54, 1.807) is 17.0 Å². The van der Waals surface area contributed by atoms with Gasteiger partial charge in [0, 0.05) is 30.0 Å². The standard InChI is InChI=1S/C24H24F3N3O4S/c1-2-22(31)28-13-15-12-20-19(23(32)29-35(33,34)18-10-11-18)4-3-5-21(20)30(14-15)17-8-6-16(7-9-17)24(25,26)27/h2-9,15,18H,1,10-14H2,(H,28,31)(H,29,32)/t15-/m1/s1. The number of halogens is 3. The zero-order valence-corrected chi connectivity index (χ0v) is 19.5. The molecule has 2 amide bonds. The fourth-order valence-corrected chi connectivity index (χ4v) is 5.43. The van der Waals surface area contributed by atoms with E-state index in [-0.39, 0.29) is 23.9 Å². The molecule has 1 aliphatic carbocycles. The van der Waals surface area contributed by atoms with Crippen LogP contribution in [0.4, 0.5) is 24.5 Å². The Hall–Kier alpha value is -3.34. The Kier molecular flexibility index (Phi) is 6.63. The van der Waals surface area contributed by atoms with Crippen LogP contribution in [0.2, 0.25) is 0 Å². The number of carbonyl (C=O) groups excluding carboxylic acids is 2. The van der Waals surface area contributed by atoms with Gasteiger partial charge in [0.25, 0.3) is 5.91 Å². The van der Waals surface area contributed by atoms with E-state index in [0.717, 1.165) is 18.2 Å².